The highest BCUT2D eigenvalue weighted by molar-refractivity contribution is 6.20. The molecule has 0 saturated carbocycles. The van der Waals surface area contributed by atoms with Gasteiger partial charge in [0.1, 0.15) is 11.3 Å². The Hall–Kier alpha value is -1.80. The SMILES string of the molecule is ClC(Cc1ccncc1)c1cc2ccccc2o1. The molecule has 0 spiro atoms. The van der Waals surface area contributed by atoms with Crippen LogP contribution in [0.25, 0.3) is 11.0 Å². The fourth-order valence-corrected chi connectivity index (χ4v) is 2.27. The quantitative estimate of drug-likeness (QED) is 0.652. The average molecular weight is 258 g/mol. The number of para-hydroxylation sites is 1. The second-order valence-corrected chi connectivity index (χ2v) is 4.74. The van der Waals surface area contributed by atoms with Crippen LogP contribution in [0, 0.1) is 0 Å². The molecule has 2 aromatic heterocycles. The molecule has 0 radical (unpaired) electrons. The summed E-state index contributed by atoms with van der Waals surface area (Å²) in [5.41, 5.74) is 2.04. The van der Waals surface area contributed by atoms with E-state index in [1.165, 1.54) is 0 Å². The molecule has 18 heavy (non-hydrogen) atoms. The van der Waals surface area contributed by atoms with Crippen LogP contribution in [0.1, 0.15) is 16.7 Å². The maximum atomic E-state index is 6.40. The first-order valence-electron chi connectivity index (χ1n) is 5.84. The number of furan rings is 1. The number of rotatable bonds is 3. The van der Waals surface area contributed by atoms with Crippen LogP contribution in [0.15, 0.2) is 59.3 Å². The number of fused-ring (bicyclic) bond motifs is 1. The van der Waals surface area contributed by atoms with Crippen molar-refractivity contribution in [3.8, 4) is 0 Å². The molecule has 1 atom stereocenters. The van der Waals surface area contributed by atoms with Crippen molar-refractivity contribution in [2.24, 2.45) is 0 Å². The number of nitrogens with zero attached hydrogens (tertiary/aromatic N) is 1. The topological polar surface area (TPSA) is 26.0 Å². The van der Waals surface area contributed by atoms with Crippen LogP contribution in [0.4, 0.5) is 0 Å². The summed E-state index contributed by atoms with van der Waals surface area (Å²) in [5, 5.41) is 0.938. The molecule has 3 aromatic rings. The maximum Gasteiger partial charge on any atom is 0.134 e. The molecule has 90 valence electrons. The predicted octanol–water partition coefficient (Wildman–Crippen LogP) is 4.35. The zero-order valence-electron chi connectivity index (χ0n) is 9.71. The van der Waals surface area contributed by atoms with Crippen LogP contribution < -0.4 is 0 Å². The van der Waals surface area contributed by atoms with Crippen LogP contribution in [-0.2, 0) is 6.42 Å². The number of aromatic nitrogens is 1. The van der Waals surface area contributed by atoms with E-state index in [-0.39, 0.29) is 5.38 Å². The molecule has 0 aliphatic heterocycles. The second kappa shape index (κ2) is 4.83. The minimum absolute atomic E-state index is 0.153. The van der Waals surface area contributed by atoms with Gasteiger partial charge >= 0.3 is 0 Å². The van der Waals surface area contributed by atoms with E-state index in [9.17, 15) is 0 Å². The molecular weight excluding hydrogens is 246 g/mol. The normalized spacial score (nSPS) is 12.7. The van der Waals surface area contributed by atoms with Gasteiger partial charge in [0.05, 0.1) is 5.38 Å². The van der Waals surface area contributed by atoms with Crippen molar-refractivity contribution in [2.45, 2.75) is 11.8 Å². The van der Waals surface area contributed by atoms with E-state index >= 15 is 0 Å². The molecule has 0 saturated heterocycles. The average Bonchev–Trinajstić information content (AvgIpc) is 2.84. The standard InChI is InChI=1S/C15H12ClNO/c16-13(9-11-5-7-17-8-6-11)15-10-12-3-1-2-4-14(12)18-15/h1-8,10,13H,9H2. The van der Waals surface area contributed by atoms with Crippen molar-refractivity contribution in [3.63, 3.8) is 0 Å². The Balaban J connectivity index is 1.86. The minimum Gasteiger partial charge on any atom is -0.459 e. The van der Waals surface area contributed by atoms with Gasteiger partial charge in [-0.3, -0.25) is 4.98 Å². The molecule has 0 aliphatic rings. The summed E-state index contributed by atoms with van der Waals surface area (Å²) in [7, 11) is 0. The lowest BCUT2D eigenvalue weighted by atomic mass is 10.1. The van der Waals surface area contributed by atoms with Crippen LogP contribution in [0.2, 0.25) is 0 Å². The first kappa shape index (κ1) is 11.3. The van der Waals surface area contributed by atoms with E-state index in [0.717, 1.165) is 28.7 Å². The predicted molar refractivity (Wildman–Crippen MR) is 72.7 cm³/mol. The molecule has 1 aromatic carbocycles. The summed E-state index contributed by atoms with van der Waals surface area (Å²) >= 11 is 6.40. The third-order valence-electron chi connectivity index (χ3n) is 2.92. The van der Waals surface area contributed by atoms with Crippen molar-refractivity contribution < 1.29 is 4.42 Å². The van der Waals surface area contributed by atoms with Crippen molar-refractivity contribution in [1.29, 1.82) is 0 Å². The monoisotopic (exact) mass is 257 g/mol. The third kappa shape index (κ3) is 2.24. The fraction of sp³-hybridized carbons (Fsp3) is 0.133. The van der Waals surface area contributed by atoms with Gasteiger partial charge in [0, 0.05) is 17.8 Å². The molecule has 0 bridgehead atoms. The van der Waals surface area contributed by atoms with Crippen molar-refractivity contribution in [1.82, 2.24) is 4.98 Å². The summed E-state index contributed by atoms with van der Waals surface area (Å²) < 4.78 is 5.75. The first-order chi connectivity index (χ1) is 8.83. The molecule has 2 heterocycles. The first-order valence-corrected chi connectivity index (χ1v) is 6.28. The highest BCUT2D eigenvalue weighted by Gasteiger charge is 2.14. The number of alkyl halides is 1. The van der Waals surface area contributed by atoms with E-state index in [0.29, 0.717) is 0 Å². The Morgan fingerprint density at radius 2 is 1.89 bits per heavy atom. The highest BCUT2D eigenvalue weighted by atomic mass is 35.5. The lowest BCUT2D eigenvalue weighted by molar-refractivity contribution is 0.540. The van der Waals surface area contributed by atoms with Gasteiger partial charge in [-0.1, -0.05) is 18.2 Å². The van der Waals surface area contributed by atoms with Gasteiger partial charge in [-0.05, 0) is 36.2 Å². The van der Waals surface area contributed by atoms with Crippen LogP contribution in [0.3, 0.4) is 0 Å². The van der Waals surface area contributed by atoms with Crippen LogP contribution in [-0.4, -0.2) is 4.98 Å². The van der Waals surface area contributed by atoms with Crippen molar-refractivity contribution in [3.05, 3.63) is 66.2 Å². The van der Waals surface area contributed by atoms with Gasteiger partial charge in [0.15, 0.2) is 0 Å². The van der Waals surface area contributed by atoms with E-state index < -0.39 is 0 Å². The summed E-state index contributed by atoms with van der Waals surface area (Å²) in [6, 6.07) is 13.9. The molecular formula is C15H12ClNO. The second-order valence-electron chi connectivity index (χ2n) is 4.21. The van der Waals surface area contributed by atoms with Crippen molar-refractivity contribution in [2.75, 3.05) is 0 Å². The molecule has 3 rings (SSSR count). The molecule has 3 heteroatoms. The number of pyridine rings is 1. The van der Waals surface area contributed by atoms with Gasteiger partial charge in [0.25, 0.3) is 0 Å². The Morgan fingerprint density at radius 1 is 1.11 bits per heavy atom. The third-order valence-corrected chi connectivity index (χ3v) is 3.29. The molecule has 0 amide bonds. The summed E-state index contributed by atoms with van der Waals surface area (Å²) in [4.78, 5) is 3.99. The summed E-state index contributed by atoms with van der Waals surface area (Å²) in [6.45, 7) is 0. The molecule has 2 nitrogen and oxygen atoms in total. The van der Waals surface area contributed by atoms with Gasteiger partial charge in [-0.25, -0.2) is 0 Å². The lowest BCUT2D eigenvalue weighted by Crippen LogP contribution is -1.94. The van der Waals surface area contributed by atoms with Gasteiger partial charge < -0.3 is 4.42 Å². The Bertz CT molecular complexity index is 615. The molecule has 0 aliphatic carbocycles. The van der Waals surface area contributed by atoms with Gasteiger partial charge in [0.2, 0.25) is 0 Å². The summed E-state index contributed by atoms with van der Waals surface area (Å²) in [5.74, 6) is 0.815. The molecule has 1 unspecified atom stereocenters. The minimum atomic E-state index is -0.153. The highest BCUT2D eigenvalue weighted by Crippen LogP contribution is 2.30. The number of hydrogen-bond donors (Lipinski definition) is 0. The molecule has 0 fully saturated rings. The van der Waals surface area contributed by atoms with Gasteiger partial charge in [-0.2, -0.15) is 0 Å². The largest absolute Gasteiger partial charge is 0.459 e. The number of hydrogen-bond acceptors (Lipinski definition) is 2. The number of halogens is 1. The van der Waals surface area contributed by atoms with Crippen molar-refractivity contribution >= 4 is 22.6 Å². The maximum absolute atomic E-state index is 6.40. The zero-order valence-corrected chi connectivity index (χ0v) is 10.5. The summed E-state index contributed by atoms with van der Waals surface area (Å²) in [6.07, 6.45) is 4.29. The van der Waals surface area contributed by atoms with E-state index in [4.69, 9.17) is 16.0 Å². The number of benzene rings is 1. The Morgan fingerprint density at radius 3 is 2.67 bits per heavy atom. The molecule has 0 N–H and O–H groups in total. The fourth-order valence-electron chi connectivity index (χ4n) is 1.98. The lowest BCUT2D eigenvalue weighted by Gasteiger charge is -2.05. The van der Waals surface area contributed by atoms with E-state index in [1.807, 2.05) is 42.5 Å². The smallest absolute Gasteiger partial charge is 0.134 e. The van der Waals surface area contributed by atoms with Crippen LogP contribution >= 0.6 is 11.6 Å². The zero-order chi connectivity index (χ0) is 12.4. The van der Waals surface area contributed by atoms with Crippen LogP contribution in [0.5, 0.6) is 0 Å². The van der Waals surface area contributed by atoms with E-state index in [2.05, 4.69) is 4.98 Å². The Labute approximate surface area is 110 Å². The van der Waals surface area contributed by atoms with E-state index in [1.54, 1.807) is 12.4 Å². The Kier molecular flexibility index (Phi) is 3.03. The van der Waals surface area contributed by atoms with Gasteiger partial charge in [-0.15, -0.1) is 11.6 Å².